The Kier molecular flexibility index (Phi) is 3.94. The van der Waals surface area contributed by atoms with Crippen molar-refractivity contribution in [1.82, 2.24) is 4.98 Å². The van der Waals surface area contributed by atoms with E-state index in [4.69, 9.17) is 0 Å². The first-order valence-corrected chi connectivity index (χ1v) is 8.38. The van der Waals surface area contributed by atoms with E-state index in [0.717, 1.165) is 11.4 Å². The maximum Gasteiger partial charge on any atom is 0.347 e. The standard InChI is InChI=1S/C19H19NO2S/c1-12-16(17(21)22)23-18(20-12)19(2,3)11-14-9-6-8-13-7-4-5-10-15(13)14/h4-10H,11H2,1-3H3,(H,21,22). The SMILES string of the molecule is Cc1nc(C(C)(C)Cc2cccc3ccccc23)sc1C(=O)O. The Bertz CT molecular complexity index is 875. The van der Waals surface area contributed by atoms with Gasteiger partial charge in [-0.2, -0.15) is 0 Å². The highest BCUT2D eigenvalue weighted by molar-refractivity contribution is 7.13. The van der Waals surface area contributed by atoms with Crippen molar-refractivity contribution in [2.45, 2.75) is 32.6 Å². The summed E-state index contributed by atoms with van der Waals surface area (Å²) < 4.78 is 0. The molecule has 0 aliphatic heterocycles. The van der Waals surface area contributed by atoms with Gasteiger partial charge < -0.3 is 5.11 Å². The third kappa shape index (κ3) is 2.99. The zero-order valence-corrected chi connectivity index (χ0v) is 14.3. The molecule has 118 valence electrons. The number of aromatic carboxylic acids is 1. The molecule has 0 spiro atoms. The summed E-state index contributed by atoms with van der Waals surface area (Å²) in [6, 6.07) is 14.7. The highest BCUT2D eigenvalue weighted by atomic mass is 32.1. The van der Waals surface area contributed by atoms with E-state index in [1.165, 1.54) is 27.7 Å². The molecular formula is C19H19NO2S. The fourth-order valence-corrected chi connectivity index (χ4v) is 3.89. The van der Waals surface area contributed by atoms with Crippen LogP contribution >= 0.6 is 11.3 Å². The molecule has 23 heavy (non-hydrogen) atoms. The molecule has 0 fully saturated rings. The predicted octanol–water partition coefficient (Wildman–Crippen LogP) is 4.82. The number of hydrogen-bond acceptors (Lipinski definition) is 3. The third-order valence-electron chi connectivity index (χ3n) is 4.08. The Morgan fingerprint density at radius 2 is 1.87 bits per heavy atom. The summed E-state index contributed by atoms with van der Waals surface area (Å²) >= 11 is 1.29. The van der Waals surface area contributed by atoms with E-state index in [2.05, 4.69) is 55.2 Å². The van der Waals surface area contributed by atoms with E-state index >= 15 is 0 Å². The van der Waals surface area contributed by atoms with Crippen molar-refractivity contribution >= 4 is 28.1 Å². The summed E-state index contributed by atoms with van der Waals surface area (Å²) in [6.45, 7) is 6.01. The Labute approximate surface area is 139 Å². The molecule has 0 amide bonds. The van der Waals surface area contributed by atoms with Gasteiger partial charge in [0.05, 0.1) is 10.7 Å². The monoisotopic (exact) mass is 325 g/mol. The summed E-state index contributed by atoms with van der Waals surface area (Å²) in [5.41, 5.74) is 1.65. The summed E-state index contributed by atoms with van der Waals surface area (Å²) in [6.07, 6.45) is 0.820. The number of aryl methyl sites for hydroxylation is 1. The number of carboxylic acids is 1. The summed E-state index contributed by atoms with van der Waals surface area (Å²) in [5, 5.41) is 12.6. The summed E-state index contributed by atoms with van der Waals surface area (Å²) in [4.78, 5) is 16.1. The molecular weight excluding hydrogens is 306 g/mol. The number of carbonyl (C=O) groups is 1. The van der Waals surface area contributed by atoms with Crippen LogP contribution in [0.2, 0.25) is 0 Å². The Hall–Kier alpha value is -2.20. The lowest BCUT2D eigenvalue weighted by Gasteiger charge is -2.23. The van der Waals surface area contributed by atoms with Crippen molar-refractivity contribution < 1.29 is 9.90 Å². The Morgan fingerprint density at radius 3 is 2.57 bits per heavy atom. The predicted molar refractivity (Wildman–Crippen MR) is 94.5 cm³/mol. The van der Waals surface area contributed by atoms with Gasteiger partial charge in [0.2, 0.25) is 0 Å². The fraction of sp³-hybridized carbons (Fsp3) is 0.263. The molecule has 2 aromatic carbocycles. The van der Waals surface area contributed by atoms with Crippen LogP contribution in [-0.2, 0) is 11.8 Å². The number of fused-ring (bicyclic) bond motifs is 1. The molecule has 4 heteroatoms. The Balaban J connectivity index is 2.00. The maximum absolute atomic E-state index is 11.3. The van der Waals surface area contributed by atoms with Crippen LogP contribution in [0.25, 0.3) is 10.8 Å². The summed E-state index contributed by atoms with van der Waals surface area (Å²) in [5.74, 6) is -0.896. The molecule has 0 saturated heterocycles. The second-order valence-electron chi connectivity index (χ2n) is 6.44. The number of aromatic nitrogens is 1. The smallest absolute Gasteiger partial charge is 0.347 e. The van der Waals surface area contributed by atoms with Crippen LogP contribution in [0.4, 0.5) is 0 Å². The second kappa shape index (κ2) is 5.78. The normalized spacial score (nSPS) is 11.8. The molecule has 0 radical (unpaired) electrons. The number of hydrogen-bond donors (Lipinski definition) is 1. The minimum Gasteiger partial charge on any atom is -0.477 e. The van der Waals surface area contributed by atoms with Crippen molar-refractivity contribution in [2.75, 3.05) is 0 Å². The lowest BCUT2D eigenvalue weighted by atomic mass is 9.84. The third-order valence-corrected chi connectivity index (χ3v) is 5.59. The molecule has 1 N–H and O–H groups in total. The van der Waals surface area contributed by atoms with Crippen molar-refractivity contribution in [3.05, 3.63) is 63.6 Å². The van der Waals surface area contributed by atoms with Gasteiger partial charge in [-0.15, -0.1) is 11.3 Å². The van der Waals surface area contributed by atoms with Gasteiger partial charge in [-0.3, -0.25) is 0 Å². The minimum atomic E-state index is -0.896. The van der Waals surface area contributed by atoms with Gasteiger partial charge >= 0.3 is 5.97 Å². The van der Waals surface area contributed by atoms with E-state index in [0.29, 0.717) is 10.6 Å². The van der Waals surface area contributed by atoms with E-state index in [1.54, 1.807) is 6.92 Å². The molecule has 0 aliphatic carbocycles. The average molecular weight is 325 g/mol. The van der Waals surface area contributed by atoms with E-state index in [-0.39, 0.29) is 5.41 Å². The zero-order valence-electron chi connectivity index (χ0n) is 13.5. The second-order valence-corrected chi connectivity index (χ2v) is 7.44. The largest absolute Gasteiger partial charge is 0.477 e. The molecule has 0 atom stereocenters. The minimum absolute atomic E-state index is 0.215. The van der Waals surface area contributed by atoms with Crippen LogP contribution in [-0.4, -0.2) is 16.1 Å². The molecule has 0 aliphatic rings. The van der Waals surface area contributed by atoms with E-state index < -0.39 is 5.97 Å². The van der Waals surface area contributed by atoms with E-state index in [9.17, 15) is 9.90 Å². The molecule has 3 rings (SSSR count). The lowest BCUT2D eigenvalue weighted by molar-refractivity contribution is 0.0701. The number of thiazole rings is 1. The molecule has 3 aromatic rings. The number of rotatable bonds is 4. The first-order valence-electron chi connectivity index (χ1n) is 7.56. The van der Waals surface area contributed by atoms with Gasteiger partial charge in [0.15, 0.2) is 0 Å². The molecule has 0 saturated carbocycles. The van der Waals surface area contributed by atoms with Crippen molar-refractivity contribution in [1.29, 1.82) is 0 Å². The number of carboxylic acid groups (broad SMARTS) is 1. The van der Waals surface area contributed by atoms with Crippen LogP contribution in [0.5, 0.6) is 0 Å². The zero-order chi connectivity index (χ0) is 16.6. The first kappa shape index (κ1) is 15.7. The average Bonchev–Trinajstić information content (AvgIpc) is 2.90. The van der Waals surface area contributed by atoms with Crippen molar-refractivity contribution in [2.24, 2.45) is 0 Å². The van der Waals surface area contributed by atoms with Gasteiger partial charge in [-0.1, -0.05) is 56.3 Å². The molecule has 3 nitrogen and oxygen atoms in total. The van der Waals surface area contributed by atoms with Gasteiger partial charge in [0, 0.05) is 5.41 Å². The highest BCUT2D eigenvalue weighted by Gasteiger charge is 2.28. The van der Waals surface area contributed by atoms with Crippen LogP contribution in [0, 0.1) is 6.92 Å². The molecule has 1 aromatic heterocycles. The van der Waals surface area contributed by atoms with Gasteiger partial charge in [-0.05, 0) is 29.7 Å². The fourth-order valence-electron chi connectivity index (χ4n) is 2.88. The van der Waals surface area contributed by atoms with Crippen LogP contribution in [0.15, 0.2) is 42.5 Å². The number of benzene rings is 2. The van der Waals surface area contributed by atoms with Crippen LogP contribution in [0.3, 0.4) is 0 Å². The van der Waals surface area contributed by atoms with E-state index in [1.807, 2.05) is 6.07 Å². The topological polar surface area (TPSA) is 50.2 Å². The van der Waals surface area contributed by atoms with Crippen molar-refractivity contribution in [3.8, 4) is 0 Å². The molecule has 0 bridgehead atoms. The quantitative estimate of drug-likeness (QED) is 0.748. The van der Waals surface area contributed by atoms with Crippen LogP contribution in [0.1, 0.15) is 39.8 Å². The summed E-state index contributed by atoms with van der Waals surface area (Å²) in [7, 11) is 0. The maximum atomic E-state index is 11.3. The van der Waals surface area contributed by atoms with Gasteiger partial charge in [0.25, 0.3) is 0 Å². The first-order chi connectivity index (χ1) is 10.9. The van der Waals surface area contributed by atoms with Gasteiger partial charge in [0.1, 0.15) is 4.88 Å². The molecule has 0 unspecified atom stereocenters. The van der Waals surface area contributed by atoms with Crippen LogP contribution < -0.4 is 0 Å². The Morgan fingerprint density at radius 1 is 1.17 bits per heavy atom. The lowest BCUT2D eigenvalue weighted by Crippen LogP contribution is -2.20. The van der Waals surface area contributed by atoms with Gasteiger partial charge in [-0.25, -0.2) is 9.78 Å². The number of nitrogens with zero attached hydrogens (tertiary/aromatic N) is 1. The highest BCUT2D eigenvalue weighted by Crippen LogP contribution is 2.34. The molecule has 1 heterocycles. The van der Waals surface area contributed by atoms with Crippen molar-refractivity contribution in [3.63, 3.8) is 0 Å².